The minimum absolute atomic E-state index is 0.133. The standard InChI is InChI=1S/C25H28N2O3S/c1-4-21-12-8-9-19(3)24(21)26-25(28)23(17-20-10-6-5-7-11-20)27-31(29,30)22-15-13-18(2)14-16-22/h5-16,23,27H,4,17H2,1-3H3,(H,26,28)/t23-/m0/s1. The van der Waals surface area contributed by atoms with Crippen LogP contribution in [0.1, 0.15) is 29.2 Å². The summed E-state index contributed by atoms with van der Waals surface area (Å²) in [5, 5.41) is 2.97. The predicted molar refractivity (Wildman–Crippen MR) is 125 cm³/mol. The van der Waals surface area contributed by atoms with Crippen molar-refractivity contribution in [2.45, 2.75) is 44.6 Å². The molecule has 2 N–H and O–H groups in total. The minimum atomic E-state index is -3.87. The first-order chi connectivity index (χ1) is 14.8. The molecule has 3 rings (SSSR count). The zero-order valence-electron chi connectivity index (χ0n) is 18.1. The van der Waals surface area contributed by atoms with Crippen molar-refractivity contribution in [2.24, 2.45) is 0 Å². The highest BCUT2D eigenvalue weighted by molar-refractivity contribution is 7.89. The number of sulfonamides is 1. The molecule has 1 atom stereocenters. The topological polar surface area (TPSA) is 75.3 Å². The lowest BCUT2D eigenvalue weighted by molar-refractivity contribution is -0.117. The van der Waals surface area contributed by atoms with Crippen molar-refractivity contribution in [2.75, 3.05) is 5.32 Å². The van der Waals surface area contributed by atoms with Crippen molar-refractivity contribution in [3.63, 3.8) is 0 Å². The molecule has 0 unspecified atom stereocenters. The molecule has 0 saturated carbocycles. The molecule has 5 nitrogen and oxygen atoms in total. The molecule has 3 aromatic carbocycles. The molecule has 0 aliphatic rings. The van der Waals surface area contributed by atoms with E-state index in [1.807, 2.05) is 69.3 Å². The van der Waals surface area contributed by atoms with E-state index in [0.29, 0.717) is 0 Å². The van der Waals surface area contributed by atoms with E-state index in [0.717, 1.165) is 34.4 Å². The van der Waals surface area contributed by atoms with Crippen LogP contribution in [0.15, 0.2) is 77.7 Å². The van der Waals surface area contributed by atoms with E-state index in [2.05, 4.69) is 10.0 Å². The molecular weight excluding hydrogens is 408 g/mol. The lowest BCUT2D eigenvalue weighted by Crippen LogP contribution is -2.45. The Morgan fingerprint density at radius 2 is 1.58 bits per heavy atom. The third kappa shape index (κ3) is 5.81. The van der Waals surface area contributed by atoms with Gasteiger partial charge in [0.25, 0.3) is 0 Å². The van der Waals surface area contributed by atoms with Gasteiger partial charge in [0.05, 0.1) is 4.90 Å². The summed E-state index contributed by atoms with van der Waals surface area (Å²) in [6.07, 6.45) is 1.00. The van der Waals surface area contributed by atoms with Crippen LogP contribution in [0, 0.1) is 13.8 Å². The maximum absolute atomic E-state index is 13.3. The minimum Gasteiger partial charge on any atom is -0.324 e. The predicted octanol–water partition coefficient (Wildman–Crippen LogP) is 4.39. The number of amides is 1. The van der Waals surface area contributed by atoms with Gasteiger partial charge in [-0.3, -0.25) is 4.79 Å². The average Bonchev–Trinajstić information content (AvgIpc) is 2.75. The van der Waals surface area contributed by atoms with Crippen LogP contribution in [0.5, 0.6) is 0 Å². The van der Waals surface area contributed by atoms with Gasteiger partial charge in [-0.2, -0.15) is 4.72 Å². The Morgan fingerprint density at radius 3 is 2.23 bits per heavy atom. The summed E-state index contributed by atoms with van der Waals surface area (Å²) < 4.78 is 28.6. The number of hydrogen-bond donors (Lipinski definition) is 2. The molecule has 6 heteroatoms. The Morgan fingerprint density at radius 1 is 0.903 bits per heavy atom. The molecule has 0 aromatic heterocycles. The fourth-order valence-corrected chi connectivity index (χ4v) is 4.62. The second kappa shape index (κ2) is 9.90. The molecule has 0 heterocycles. The summed E-state index contributed by atoms with van der Waals surface area (Å²) in [5.41, 5.74) is 4.52. The van der Waals surface area contributed by atoms with Gasteiger partial charge in [-0.05, 0) is 55.5 Å². The zero-order valence-corrected chi connectivity index (χ0v) is 18.9. The second-order valence-corrected chi connectivity index (χ2v) is 9.34. The number of carbonyl (C=O) groups excluding carboxylic acids is 1. The highest BCUT2D eigenvalue weighted by Crippen LogP contribution is 2.22. The number of rotatable bonds is 8. The third-order valence-electron chi connectivity index (χ3n) is 5.22. The van der Waals surface area contributed by atoms with E-state index in [1.165, 1.54) is 0 Å². The van der Waals surface area contributed by atoms with E-state index in [4.69, 9.17) is 0 Å². The highest BCUT2D eigenvalue weighted by atomic mass is 32.2. The van der Waals surface area contributed by atoms with Crippen molar-refractivity contribution in [1.29, 1.82) is 0 Å². The maximum atomic E-state index is 13.3. The van der Waals surface area contributed by atoms with Gasteiger partial charge in [-0.25, -0.2) is 8.42 Å². The van der Waals surface area contributed by atoms with Crippen molar-refractivity contribution in [1.82, 2.24) is 4.72 Å². The van der Waals surface area contributed by atoms with Gasteiger partial charge in [0.1, 0.15) is 6.04 Å². The number of aryl methyl sites for hydroxylation is 3. The monoisotopic (exact) mass is 436 g/mol. The van der Waals surface area contributed by atoms with Gasteiger partial charge in [0.15, 0.2) is 0 Å². The lowest BCUT2D eigenvalue weighted by atomic mass is 10.0. The van der Waals surface area contributed by atoms with Crippen LogP contribution in [0.2, 0.25) is 0 Å². The molecule has 1 amide bonds. The van der Waals surface area contributed by atoms with Crippen LogP contribution < -0.4 is 10.0 Å². The smallest absolute Gasteiger partial charge is 0.242 e. The molecule has 0 bridgehead atoms. The zero-order chi connectivity index (χ0) is 22.4. The summed E-state index contributed by atoms with van der Waals surface area (Å²) in [7, 11) is -3.87. The average molecular weight is 437 g/mol. The number of anilines is 1. The fourth-order valence-electron chi connectivity index (χ4n) is 3.42. The molecule has 0 spiro atoms. The normalized spacial score (nSPS) is 12.4. The summed E-state index contributed by atoms with van der Waals surface area (Å²) in [6, 6.07) is 20.8. The molecule has 31 heavy (non-hydrogen) atoms. The van der Waals surface area contributed by atoms with Crippen LogP contribution in [-0.2, 0) is 27.7 Å². The number of para-hydroxylation sites is 1. The number of carbonyl (C=O) groups is 1. The van der Waals surface area contributed by atoms with E-state index < -0.39 is 16.1 Å². The first-order valence-corrected chi connectivity index (χ1v) is 11.8. The van der Waals surface area contributed by atoms with Crippen molar-refractivity contribution < 1.29 is 13.2 Å². The quantitative estimate of drug-likeness (QED) is 0.550. The Labute approximate surface area is 184 Å². The SMILES string of the molecule is CCc1cccc(C)c1NC(=O)[C@H](Cc1ccccc1)NS(=O)(=O)c1ccc(C)cc1. The first kappa shape index (κ1) is 22.7. The van der Waals surface area contributed by atoms with Crippen molar-refractivity contribution >= 4 is 21.6 Å². The Balaban J connectivity index is 1.91. The van der Waals surface area contributed by atoms with E-state index in [1.54, 1.807) is 24.3 Å². The van der Waals surface area contributed by atoms with Crippen LogP contribution in [0.3, 0.4) is 0 Å². The number of hydrogen-bond acceptors (Lipinski definition) is 3. The maximum Gasteiger partial charge on any atom is 0.242 e. The summed E-state index contributed by atoms with van der Waals surface area (Å²) >= 11 is 0. The third-order valence-corrected chi connectivity index (χ3v) is 6.70. The van der Waals surface area contributed by atoms with Gasteiger partial charge in [0, 0.05) is 5.69 Å². The number of benzene rings is 3. The second-order valence-electron chi connectivity index (χ2n) is 7.63. The first-order valence-electron chi connectivity index (χ1n) is 10.3. The molecule has 3 aromatic rings. The van der Waals surface area contributed by atoms with E-state index in [-0.39, 0.29) is 17.2 Å². The Kier molecular flexibility index (Phi) is 7.25. The van der Waals surface area contributed by atoms with Crippen LogP contribution in [-0.4, -0.2) is 20.4 Å². The molecule has 0 aliphatic heterocycles. The van der Waals surface area contributed by atoms with Gasteiger partial charge >= 0.3 is 0 Å². The molecule has 0 aliphatic carbocycles. The van der Waals surface area contributed by atoms with Gasteiger partial charge in [0.2, 0.25) is 15.9 Å². The lowest BCUT2D eigenvalue weighted by Gasteiger charge is -2.21. The Bertz CT molecular complexity index is 1140. The van der Waals surface area contributed by atoms with Crippen LogP contribution >= 0.6 is 0 Å². The number of nitrogens with one attached hydrogen (secondary N) is 2. The van der Waals surface area contributed by atoms with E-state index in [9.17, 15) is 13.2 Å². The van der Waals surface area contributed by atoms with Crippen LogP contribution in [0.25, 0.3) is 0 Å². The van der Waals surface area contributed by atoms with Gasteiger partial charge in [-0.15, -0.1) is 0 Å². The van der Waals surface area contributed by atoms with Crippen molar-refractivity contribution in [3.8, 4) is 0 Å². The van der Waals surface area contributed by atoms with Crippen LogP contribution in [0.4, 0.5) is 5.69 Å². The van der Waals surface area contributed by atoms with Crippen molar-refractivity contribution in [3.05, 3.63) is 95.1 Å². The van der Waals surface area contributed by atoms with Gasteiger partial charge < -0.3 is 5.32 Å². The summed E-state index contributed by atoms with van der Waals surface area (Å²) in [4.78, 5) is 13.4. The molecule has 0 fully saturated rings. The molecule has 0 radical (unpaired) electrons. The Hall–Kier alpha value is -2.96. The largest absolute Gasteiger partial charge is 0.324 e. The fraction of sp³-hybridized carbons (Fsp3) is 0.240. The summed E-state index contributed by atoms with van der Waals surface area (Å²) in [6.45, 7) is 5.84. The highest BCUT2D eigenvalue weighted by Gasteiger charge is 2.27. The summed E-state index contributed by atoms with van der Waals surface area (Å²) in [5.74, 6) is -0.386. The molecule has 0 saturated heterocycles. The molecule has 162 valence electrons. The van der Waals surface area contributed by atoms with Gasteiger partial charge in [-0.1, -0.05) is 73.2 Å². The molecular formula is C25H28N2O3S. The van der Waals surface area contributed by atoms with E-state index >= 15 is 0 Å².